The van der Waals surface area contributed by atoms with Gasteiger partial charge in [-0.2, -0.15) is 0 Å². The van der Waals surface area contributed by atoms with Crippen molar-refractivity contribution in [1.82, 2.24) is 9.80 Å². The van der Waals surface area contributed by atoms with Crippen molar-refractivity contribution in [3.63, 3.8) is 0 Å². The van der Waals surface area contributed by atoms with Crippen molar-refractivity contribution in [2.45, 2.75) is 13.8 Å². The van der Waals surface area contributed by atoms with Crippen LogP contribution in [0.1, 0.15) is 33.2 Å². The molecule has 1 aliphatic rings. The van der Waals surface area contributed by atoms with Crippen LogP contribution in [0.3, 0.4) is 0 Å². The molecule has 1 saturated heterocycles. The zero-order chi connectivity index (χ0) is 19.4. The number of rotatable bonds is 3. The molecule has 1 fully saturated rings. The molecular weight excluding hydrogens is 344 g/mol. The highest BCUT2D eigenvalue weighted by atomic mass is 16.5. The van der Waals surface area contributed by atoms with Gasteiger partial charge in [0.25, 0.3) is 11.8 Å². The number of nitrogens with zero attached hydrogens (tertiary/aromatic N) is 2. The first kappa shape index (κ1) is 18.6. The number of ether oxygens (including phenoxy) is 1. The fraction of sp³-hybridized carbons (Fsp3) is 0.286. The number of carbonyl (C=O) groups is 3. The van der Waals surface area contributed by atoms with E-state index in [4.69, 9.17) is 4.74 Å². The van der Waals surface area contributed by atoms with E-state index in [0.29, 0.717) is 43.1 Å². The van der Waals surface area contributed by atoms with E-state index < -0.39 is 5.97 Å². The van der Waals surface area contributed by atoms with Gasteiger partial charge in [0.15, 0.2) is 0 Å². The summed E-state index contributed by atoms with van der Waals surface area (Å²) in [6, 6.07) is 14.1. The second-order valence-electron chi connectivity index (χ2n) is 6.58. The van der Waals surface area contributed by atoms with Gasteiger partial charge in [0, 0.05) is 44.2 Å². The summed E-state index contributed by atoms with van der Waals surface area (Å²) in [6.07, 6.45) is 0. The minimum atomic E-state index is -0.428. The third-order valence-corrected chi connectivity index (χ3v) is 4.46. The Hall–Kier alpha value is -3.15. The Morgan fingerprint density at radius 2 is 1.33 bits per heavy atom. The Bertz CT molecular complexity index is 870. The first-order valence-corrected chi connectivity index (χ1v) is 8.88. The molecule has 1 heterocycles. The van der Waals surface area contributed by atoms with Crippen LogP contribution in [0.4, 0.5) is 0 Å². The predicted molar refractivity (Wildman–Crippen MR) is 101 cm³/mol. The van der Waals surface area contributed by atoms with Crippen molar-refractivity contribution < 1.29 is 19.1 Å². The number of carbonyl (C=O) groups excluding carboxylic acids is 3. The number of piperazine rings is 1. The molecule has 6 nitrogen and oxygen atoms in total. The summed E-state index contributed by atoms with van der Waals surface area (Å²) in [6.45, 7) is 5.18. The van der Waals surface area contributed by atoms with E-state index in [1.54, 1.807) is 34.1 Å². The summed E-state index contributed by atoms with van der Waals surface area (Å²) in [5.74, 6) is -0.223. The second kappa shape index (κ2) is 8.03. The van der Waals surface area contributed by atoms with E-state index in [1.165, 1.54) is 6.92 Å². The van der Waals surface area contributed by atoms with Crippen LogP contribution in [0.15, 0.2) is 48.5 Å². The van der Waals surface area contributed by atoms with Gasteiger partial charge in [-0.25, -0.2) is 0 Å². The molecule has 0 saturated carbocycles. The van der Waals surface area contributed by atoms with E-state index >= 15 is 0 Å². The van der Waals surface area contributed by atoms with Gasteiger partial charge in [-0.05, 0) is 37.3 Å². The van der Waals surface area contributed by atoms with Crippen LogP contribution in [0.25, 0.3) is 0 Å². The zero-order valence-corrected chi connectivity index (χ0v) is 15.5. The maximum absolute atomic E-state index is 12.7. The van der Waals surface area contributed by atoms with Gasteiger partial charge >= 0.3 is 5.97 Å². The molecule has 0 radical (unpaired) electrons. The number of esters is 1. The smallest absolute Gasteiger partial charge is 0.308 e. The van der Waals surface area contributed by atoms with Gasteiger partial charge in [-0.1, -0.05) is 23.8 Å². The Morgan fingerprint density at radius 1 is 0.815 bits per heavy atom. The van der Waals surface area contributed by atoms with E-state index in [-0.39, 0.29) is 11.8 Å². The summed E-state index contributed by atoms with van der Waals surface area (Å²) in [5, 5.41) is 0. The summed E-state index contributed by atoms with van der Waals surface area (Å²) < 4.78 is 5.04. The molecule has 1 aliphatic heterocycles. The van der Waals surface area contributed by atoms with E-state index in [1.807, 2.05) is 31.2 Å². The van der Waals surface area contributed by atoms with Crippen molar-refractivity contribution in [2.24, 2.45) is 0 Å². The topological polar surface area (TPSA) is 66.9 Å². The lowest BCUT2D eigenvalue weighted by Gasteiger charge is -2.35. The number of amides is 2. The molecule has 0 N–H and O–H groups in total. The van der Waals surface area contributed by atoms with Crippen LogP contribution >= 0.6 is 0 Å². The third kappa shape index (κ3) is 4.53. The van der Waals surface area contributed by atoms with Crippen molar-refractivity contribution in [2.75, 3.05) is 26.2 Å². The monoisotopic (exact) mass is 366 g/mol. The Morgan fingerprint density at radius 3 is 1.85 bits per heavy atom. The maximum Gasteiger partial charge on any atom is 0.308 e. The Labute approximate surface area is 158 Å². The van der Waals surface area contributed by atoms with Crippen LogP contribution in [-0.2, 0) is 4.79 Å². The second-order valence-corrected chi connectivity index (χ2v) is 6.58. The molecule has 0 spiro atoms. The zero-order valence-electron chi connectivity index (χ0n) is 15.5. The van der Waals surface area contributed by atoms with Crippen molar-refractivity contribution >= 4 is 17.8 Å². The summed E-state index contributed by atoms with van der Waals surface area (Å²) in [4.78, 5) is 39.9. The van der Waals surface area contributed by atoms with Crippen LogP contribution in [0.2, 0.25) is 0 Å². The highest BCUT2D eigenvalue weighted by Crippen LogP contribution is 2.17. The molecule has 0 bridgehead atoms. The largest absolute Gasteiger partial charge is 0.427 e. The fourth-order valence-corrected chi connectivity index (χ4v) is 3.11. The molecule has 3 rings (SSSR count). The van der Waals surface area contributed by atoms with Crippen LogP contribution in [0.5, 0.6) is 5.75 Å². The molecule has 2 aromatic rings. The summed E-state index contributed by atoms with van der Waals surface area (Å²) in [5.41, 5.74) is 2.18. The SMILES string of the molecule is CC(=O)Oc1cccc(C(=O)N2CCN(C(=O)c3cccc(C)c3)CC2)c1. The van der Waals surface area contributed by atoms with E-state index in [0.717, 1.165) is 5.56 Å². The maximum atomic E-state index is 12.7. The average molecular weight is 366 g/mol. The van der Waals surface area contributed by atoms with Crippen LogP contribution in [-0.4, -0.2) is 53.8 Å². The third-order valence-electron chi connectivity index (χ3n) is 4.46. The fourth-order valence-electron chi connectivity index (χ4n) is 3.11. The van der Waals surface area contributed by atoms with Crippen LogP contribution < -0.4 is 4.74 Å². The molecule has 2 aromatic carbocycles. The lowest BCUT2D eigenvalue weighted by Crippen LogP contribution is -2.50. The van der Waals surface area contributed by atoms with Crippen molar-refractivity contribution in [3.8, 4) is 5.75 Å². The normalized spacial score (nSPS) is 14.0. The molecule has 140 valence electrons. The molecule has 6 heteroatoms. The Balaban J connectivity index is 1.62. The van der Waals surface area contributed by atoms with Gasteiger partial charge in [-0.3, -0.25) is 14.4 Å². The van der Waals surface area contributed by atoms with Crippen LogP contribution in [0, 0.1) is 6.92 Å². The highest BCUT2D eigenvalue weighted by molar-refractivity contribution is 5.96. The standard InChI is InChI=1S/C21H22N2O4/c1-15-5-3-6-17(13-15)20(25)22-9-11-23(12-10-22)21(26)18-7-4-8-19(14-18)27-16(2)24/h3-8,13-14H,9-12H2,1-2H3. The minimum absolute atomic E-state index is 0.0114. The molecule has 2 amide bonds. The molecule has 0 aliphatic carbocycles. The number of benzene rings is 2. The van der Waals surface area contributed by atoms with E-state index in [2.05, 4.69) is 0 Å². The first-order chi connectivity index (χ1) is 12.9. The predicted octanol–water partition coefficient (Wildman–Crippen LogP) is 2.52. The molecule has 0 unspecified atom stereocenters. The van der Waals surface area contributed by atoms with Gasteiger partial charge < -0.3 is 14.5 Å². The van der Waals surface area contributed by atoms with E-state index in [9.17, 15) is 14.4 Å². The highest BCUT2D eigenvalue weighted by Gasteiger charge is 2.25. The van der Waals surface area contributed by atoms with Crippen molar-refractivity contribution in [3.05, 3.63) is 65.2 Å². The molecule has 0 aromatic heterocycles. The van der Waals surface area contributed by atoms with Gasteiger partial charge in [-0.15, -0.1) is 0 Å². The van der Waals surface area contributed by atoms with Gasteiger partial charge in [0.1, 0.15) is 5.75 Å². The number of hydrogen-bond acceptors (Lipinski definition) is 4. The molecular formula is C21H22N2O4. The number of hydrogen-bond donors (Lipinski definition) is 0. The quantitative estimate of drug-likeness (QED) is 0.618. The summed E-state index contributed by atoms with van der Waals surface area (Å²) in [7, 11) is 0. The minimum Gasteiger partial charge on any atom is -0.427 e. The van der Waals surface area contributed by atoms with Gasteiger partial charge in [0.2, 0.25) is 0 Å². The first-order valence-electron chi connectivity index (χ1n) is 8.88. The lowest BCUT2D eigenvalue weighted by atomic mass is 10.1. The lowest BCUT2D eigenvalue weighted by molar-refractivity contribution is -0.131. The molecule has 0 atom stereocenters. The summed E-state index contributed by atoms with van der Waals surface area (Å²) >= 11 is 0. The average Bonchev–Trinajstić information content (AvgIpc) is 2.66. The van der Waals surface area contributed by atoms with Gasteiger partial charge in [0.05, 0.1) is 0 Å². The Kier molecular flexibility index (Phi) is 5.54. The number of aryl methyl sites for hydroxylation is 1. The molecule has 27 heavy (non-hydrogen) atoms. The van der Waals surface area contributed by atoms with Crippen molar-refractivity contribution in [1.29, 1.82) is 0 Å².